The van der Waals surface area contributed by atoms with Crippen molar-refractivity contribution in [3.63, 3.8) is 0 Å². The maximum atomic E-state index is 2.54. The Balaban J connectivity index is 1.23. The van der Waals surface area contributed by atoms with E-state index < -0.39 is 10.8 Å². The van der Waals surface area contributed by atoms with E-state index in [0.717, 1.165) is 34.1 Å². The lowest BCUT2D eigenvalue weighted by Crippen LogP contribution is -2.58. The molecule has 0 spiro atoms. The minimum atomic E-state index is -0.705. The van der Waals surface area contributed by atoms with Crippen LogP contribution in [-0.2, 0) is 10.8 Å². The normalized spacial score (nSPS) is 16.9. The molecule has 0 aromatic heterocycles. The highest BCUT2D eigenvalue weighted by Crippen LogP contribution is 2.73. The Bertz CT molecular complexity index is 2990. The van der Waals surface area contributed by atoms with Gasteiger partial charge in [0.15, 0.2) is 0 Å². The van der Waals surface area contributed by atoms with E-state index >= 15 is 0 Å². The number of hydrogen-bond acceptors (Lipinski definition) is 2. The molecular weight excluding hydrogens is 773 g/mol. The van der Waals surface area contributed by atoms with Crippen LogP contribution in [0.25, 0.3) is 33.4 Å². The zero-order valence-electron chi connectivity index (χ0n) is 35.1. The quantitative estimate of drug-likeness (QED) is 0.165. The molecular formula is C62H42N2. The smallest absolute Gasteiger partial charge is 0.0648 e. The molecule has 0 radical (unpaired) electrons. The molecule has 0 unspecified atom stereocenters. The second-order valence-electron chi connectivity index (χ2n) is 17.2. The fourth-order valence-electron chi connectivity index (χ4n) is 11.9. The Kier molecular flexibility index (Phi) is 8.07. The van der Waals surface area contributed by atoms with Gasteiger partial charge in [-0.25, -0.2) is 0 Å². The summed E-state index contributed by atoms with van der Waals surface area (Å²) in [7, 11) is 0. The van der Waals surface area contributed by atoms with Crippen molar-refractivity contribution in [1.29, 1.82) is 0 Å². The van der Waals surface area contributed by atoms with E-state index in [2.05, 4.69) is 265 Å². The zero-order valence-corrected chi connectivity index (χ0v) is 35.1. The van der Waals surface area contributed by atoms with E-state index in [1.807, 2.05) is 0 Å². The lowest BCUT2D eigenvalue weighted by Gasteiger charge is -2.62. The number of hydrogen-bond donors (Lipinski definition) is 0. The van der Waals surface area contributed by atoms with Crippen LogP contribution in [0.1, 0.15) is 33.4 Å². The summed E-state index contributed by atoms with van der Waals surface area (Å²) in [6.07, 6.45) is 0. The molecule has 0 heterocycles. The van der Waals surface area contributed by atoms with Gasteiger partial charge in [0.05, 0.1) is 10.8 Å². The van der Waals surface area contributed by atoms with Gasteiger partial charge in [-0.2, -0.15) is 0 Å². The Morgan fingerprint density at radius 3 is 0.703 bits per heavy atom. The first-order chi connectivity index (χ1) is 31.8. The standard InChI is InChI=1S/C62H42N2/c1-5-21-43(22-6-1)63(44-23-7-2-8-24-44)47-37-39-53-54-40-38-48(64(45-25-9-3-10-26-45)46-27-11-4-12-28-46)42-60(54)62-57-35-19-15-31-51(57)49-29-13-17-33-55(49)61(62,59(53)41-47)56-34-18-14-30-50(56)52-32-16-20-36-58(52)62/h1-42H. The third-order valence-electron chi connectivity index (χ3n) is 14.1. The van der Waals surface area contributed by atoms with Crippen LogP contribution in [0, 0.1) is 0 Å². The Morgan fingerprint density at radius 1 is 0.188 bits per heavy atom. The maximum Gasteiger partial charge on any atom is 0.0648 e. The monoisotopic (exact) mass is 814 g/mol. The Hall–Kier alpha value is -8.20. The van der Waals surface area contributed by atoms with E-state index in [4.69, 9.17) is 0 Å². The zero-order chi connectivity index (χ0) is 42.2. The number of nitrogens with zero attached hydrogens (tertiary/aromatic N) is 2. The van der Waals surface area contributed by atoms with Crippen molar-refractivity contribution in [3.8, 4) is 33.4 Å². The van der Waals surface area contributed by atoms with Crippen molar-refractivity contribution >= 4 is 34.1 Å². The summed E-state index contributed by atoms with van der Waals surface area (Å²) in [5.74, 6) is 0. The highest BCUT2D eigenvalue weighted by molar-refractivity contribution is 6.00. The van der Waals surface area contributed by atoms with Crippen LogP contribution in [0.15, 0.2) is 255 Å². The molecule has 64 heavy (non-hydrogen) atoms. The van der Waals surface area contributed by atoms with Crippen LogP contribution in [-0.4, -0.2) is 0 Å². The van der Waals surface area contributed by atoms with Gasteiger partial charge in [-0.15, -0.1) is 0 Å². The predicted molar refractivity (Wildman–Crippen MR) is 265 cm³/mol. The van der Waals surface area contributed by atoms with Crippen LogP contribution >= 0.6 is 0 Å². The molecule has 0 saturated heterocycles. The van der Waals surface area contributed by atoms with Crippen molar-refractivity contribution in [2.45, 2.75) is 10.8 Å². The second-order valence-corrected chi connectivity index (χ2v) is 17.2. The first-order valence-corrected chi connectivity index (χ1v) is 22.3. The van der Waals surface area contributed by atoms with Crippen molar-refractivity contribution in [1.82, 2.24) is 0 Å². The van der Waals surface area contributed by atoms with E-state index in [1.165, 1.54) is 66.8 Å². The van der Waals surface area contributed by atoms with Crippen molar-refractivity contribution in [2.24, 2.45) is 0 Å². The summed E-state index contributed by atoms with van der Waals surface area (Å²) in [6, 6.07) is 94.9. The topological polar surface area (TPSA) is 6.48 Å². The average molecular weight is 815 g/mol. The van der Waals surface area contributed by atoms with Crippen LogP contribution in [0.3, 0.4) is 0 Å². The van der Waals surface area contributed by atoms with Crippen LogP contribution < -0.4 is 9.80 Å². The molecule has 0 amide bonds. The van der Waals surface area contributed by atoms with E-state index in [1.54, 1.807) is 0 Å². The predicted octanol–water partition coefficient (Wildman–Crippen LogP) is 15.9. The summed E-state index contributed by atoms with van der Waals surface area (Å²) >= 11 is 0. The SMILES string of the molecule is c1ccc(N(c2ccccc2)c2ccc3c(c2)C24c5ccccc5-c5ccccc5C2(c2ccccc2-c2ccccc24)c2cc(N(c4ccccc4)c4ccccc4)ccc2-3)cc1. The minimum absolute atomic E-state index is 0.705. The molecule has 0 aliphatic heterocycles. The highest BCUT2D eigenvalue weighted by atomic mass is 15.1. The number of benzene rings is 10. The molecule has 300 valence electrons. The molecule has 13 rings (SSSR count). The molecule has 10 aromatic rings. The molecule has 3 aliphatic carbocycles. The minimum Gasteiger partial charge on any atom is -0.310 e. The van der Waals surface area contributed by atoms with Gasteiger partial charge in [-0.1, -0.05) is 182 Å². The lowest BCUT2D eigenvalue weighted by molar-refractivity contribution is 0.405. The van der Waals surface area contributed by atoms with Gasteiger partial charge in [-0.3, -0.25) is 0 Å². The number of para-hydroxylation sites is 4. The number of rotatable bonds is 6. The maximum absolute atomic E-state index is 2.54. The van der Waals surface area contributed by atoms with Crippen LogP contribution in [0.5, 0.6) is 0 Å². The molecule has 2 nitrogen and oxygen atoms in total. The molecule has 0 atom stereocenters. The van der Waals surface area contributed by atoms with Crippen LogP contribution in [0.2, 0.25) is 0 Å². The molecule has 2 heteroatoms. The van der Waals surface area contributed by atoms with Crippen molar-refractivity contribution < 1.29 is 0 Å². The fourth-order valence-corrected chi connectivity index (χ4v) is 11.9. The van der Waals surface area contributed by atoms with E-state index in [0.29, 0.717) is 0 Å². The summed E-state index contributed by atoms with van der Waals surface area (Å²) in [4.78, 5) is 4.83. The van der Waals surface area contributed by atoms with E-state index in [9.17, 15) is 0 Å². The summed E-state index contributed by atoms with van der Waals surface area (Å²) < 4.78 is 0. The first kappa shape index (κ1) is 36.5. The largest absolute Gasteiger partial charge is 0.310 e. The Morgan fingerprint density at radius 2 is 0.422 bits per heavy atom. The van der Waals surface area contributed by atoms with Crippen molar-refractivity contribution in [3.05, 3.63) is 288 Å². The molecule has 0 saturated carbocycles. The summed E-state index contributed by atoms with van der Waals surface area (Å²) in [5.41, 5.74) is 20.8. The molecule has 0 fully saturated rings. The van der Waals surface area contributed by atoms with Gasteiger partial charge in [0, 0.05) is 34.1 Å². The summed E-state index contributed by atoms with van der Waals surface area (Å²) in [6.45, 7) is 0. The third-order valence-corrected chi connectivity index (χ3v) is 14.1. The Labute approximate surface area is 374 Å². The lowest BCUT2D eigenvalue weighted by atomic mass is 9.38. The average Bonchev–Trinajstić information content (AvgIpc) is 3.38. The molecule has 10 aromatic carbocycles. The van der Waals surface area contributed by atoms with Gasteiger partial charge >= 0.3 is 0 Å². The van der Waals surface area contributed by atoms with Gasteiger partial charge in [0.25, 0.3) is 0 Å². The summed E-state index contributed by atoms with van der Waals surface area (Å²) in [5, 5.41) is 0. The fraction of sp³-hybridized carbons (Fsp3) is 0.0323. The first-order valence-electron chi connectivity index (χ1n) is 22.3. The van der Waals surface area contributed by atoms with Crippen molar-refractivity contribution in [2.75, 3.05) is 9.80 Å². The molecule has 3 aliphatic rings. The number of fused-ring (bicyclic) bond motifs is 9. The molecule has 0 N–H and O–H groups in total. The van der Waals surface area contributed by atoms with Gasteiger partial charge in [-0.05, 0) is 140 Å². The highest BCUT2D eigenvalue weighted by Gasteiger charge is 2.67. The molecule has 0 bridgehead atoms. The third kappa shape index (κ3) is 4.91. The number of anilines is 6. The van der Waals surface area contributed by atoms with Gasteiger partial charge in [0.2, 0.25) is 0 Å². The van der Waals surface area contributed by atoms with Gasteiger partial charge < -0.3 is 9.80 Å². The van der Waals surface area contributed by atoms with E-state index in [-0.39, 0.29) is 0 Å². The van der Waals surface area contributed by atoms with Crippen LogP contribution in [0.4, 0.5) is 34.1 Å². The second kappa shape index (κ2) is 14.2. The van der Waals surface area contributed by atoms with Gasteiger partial charge in [0.1, 0.15) is 0 Å².